The van der Waals surface area contributed by atoms with Crippen LogP contribution in [-0.2, 0) is 4.79 Å². The maximum atomic E-state index is 12.1. The average Bonchev–Trinajstić information content (AvgIpc) is 2.11. The van der Waals surface area contributed by atoms with Crippen LogP contribution in [0.5, 0.6) is 0 Å². The number of unbranched alkanes of at least 4 members (excludes halogenated alkanes) is 1. The van der Waals surface area contributed by atoms with E-state index in [1.807, 2.05) is 6.92 Å². The van der Waals surface area contributed by atoms with Crippen LogP contribution >= 0.6 is 12.4 Å². The Labute approximate surface area is 101 Å². The number of carboxylic acid groups (broad SMARTS) is 1. The van der Waals surface area contributed by atoms with E-state index in [1.165, 1.54) is 0 Å². The summed E-state index contributed by atoms with van der Waals surface area (Å²) in [6.45, 7) is 2.94. The van der Waals surface area contributed by atoms with Crippen LogP contribution in [-0.4, -0.2) is 42.0 Å². The van der Waals surface area contributed by atoms with E-state index in [1.54, 1.807) is 4.90 Å². The Morgan fingerprint density at radius 1 is 1.31 bits per heavy atom. The topological polar surface area (TPSA) is 40.5 Å². The molecule has 0 bridgehead atoms. The molecule has 0 aliphatic rings. The lowest BCUT2D eigenvalue weighted by Gasteiger charge is -2.20. The first-order chi connectivity index (χ1) is 7.06. The van der Waals surface area contributed by atoms with Gasteiger partial charge in [-0.1, -0.05) is 6.92 Å². The molecule has 6 heteroatoms. The summed E-state index contributed by atoms with van der Waals surface area (Å²) in [4.78, 5) is 11.9. The van der Waals surface area contributed by atoms with Gasteiger partial charge in [0.15, 0.2) is 0 Å². The first kappa shape index (κ1) is 18.0. The van der Waals surface area contributed by atoms with E-state index in [0.29, 0.717) is 25.9 Å². The van der Waals surface area contributed by atoms with E-state index in [4.69, 9.17) is 5.11 Å². The fraction of sp³-hybridized carbons (Fsp3) is 0.900. The molecule has 0 saturated carbocycles. The molecule has 0 aliphatic heterocycles. The number of alkyl halides is 2. The molecule has 0 atom stereocenters. The highest BCUT2D eigenvalue weighted by atomic mass is 35.5. The number of nitrogens with zero attached hydrogens (tertiary/aromatic N) is 1. The third-order valence-electron chi connectivity index (χ3n) is 2.05. The molecule has 0 aromatic rings. The molecule has 0 fully saturated rings. The third-order valence-corrected chi connectivity index (χ3v) is 2.05. The first-order valence-corrected chi connectivity index (χ1v) is 5.28. The van der Waals surface area contributed by atoms with E-state index >= 15 is 0 Å². The molecular weight excluding hydrogens is 240 g/mol. The van der Waals surface area contributed by atoms with Crippen LogP contribution in [0.25, 0.3) is 0 Å². The fourth-order valence-corrected chi connectivity index (χ4v) is 1.42. The lowest BCUT2D eigenvalue weighted by molar-refractivity contribution is -0.137. The second-order valence-electron chi connectivity index (χ2n) is 3.54. The van der Waals surface area contributed by atoms with Crippen molar-refractivity contribution >= 4 is 18.4 Å². The van der Waals surface area contributed by atoms with Crippen LogP contribution in [0.15, 0.2) is 0 Å². The number of aliphatic carboxylic acids is 1. The zero-order valence-electron chi connectivity index (χ0n) is 9.49. The first-order valence-electron chi connectivity index (χ1n) is 5.28. The van der Waals surface area contributed by atoms with E-state index in [0.717, 1.165) is 6.42 Å². The quantitative estimate of drug-likeness (QED) is 0.647. The molecule has 1 N–H and O–H groups in total. The van der Waals surface area contributed by atoms with E-state index in [2.05, 4.69) is 0 Å². The summed E-state index contributed by atoms with van der Waals surface area (Å²) in [6.07, 6.45) is -0.131. The highest BCUT2D eigenvalue weighted by Crippen LogP contribution is 2.03. The average molecular weight is 260 g/mol. The van der Waals surface area contributed by atoms with Gasteiger partial charge < -0.3 is 5.11 Å². The smallest absolute Gasteiger partial charge is 0.303 e. The minimum absolute atomic E-state index is 0. The second-order valence-corrected chi connectivity index (χ2v) is 3.54. The van der Waals surface area contributed by atoms with E-state index in [9.17, 15) is 13.6 Å². The van der Waals surface area contributed by atoms with E-state index in [-0.39, 0.29) is 25.4 Å². The summed E-state index contributed by atoms with van der Waals surface area (Å²) >= 11 is 0. The molecule has 0 saturated heterocycles. The van der Waals surface area contributed by atoms with Gasteiger partial charge in [0.05, 0.1) is 6.54 Å². The zero-order valence-corrected chi connectivity index (χ0v) is 10.3. The van der Waals surface area contributed by atoms with Crippen molar-refractivity contribution in [3.8, 4) is 0 Å². The number of halogens is 3. The van der Waals surface area contributed by atoms with Gasteiger partial charge in [0.1, 0.15) is 0 Å². The van der Waals surface area contributed by atoms with Crippen LogP contribution in [0.2, 0.25) is 0 Å². The Kier molecular flexibility index (Phi) is 12.4. The molecule has 3 nitrogen and oxygen atoms in total. The van der Waals surface area contributed by atoms with Crippen molar-refractivity contribution in [1.29, 1.82) is 0 Å². The lowest BCUT2D eigenvalue weighted by atomic mass is 10.2. The predicted molar refractivity (Wildman–Crippen MR) is 61.5 cm³/mol. The summed E-state index contributed by atoms with van der Waals surface area (Å²) in [5, 5.41) is 8.39. The van der Waals surface area contributed by atoms with Crippen molar-refractivity contribution in [2.75, 3.05) is 19.6 Å². The van der Waals surface area contributed by atoms with Gasteiger partial charge in [-0.05, 0) is 32.4 Å². The van der Waals surface area contributed by atoms with Gasteiger partial charge in [-0.15, -0.1) is 12.4 Å². The molecule has 0 spiro atoms. The zero-order chi connectivity index (χ0) is 11.7. The fourth-order valence-electron chi connectivity index (χ4n) is 1.42. The monoisotopic (exact) mass is 259 g/mol. The van der Waals surface area contributed by atoms with Gasteiger partial charge in [0.2, 0.25) is 0 Å². The van der Waals surface area contributed by atoms with Crippen molar-refractivity contribution in [2.24, 2.45) is 0 Å². The Bertz CT molecular complexity index is 182. The Balaban J connectivity index is 0. The standard InChI is InChI=1S/C10H19F2NO2.ClH/c1-2-6-13(8-9(11)12)7-4-3-5-10(14)15;/h9H,2-8H2,1H3,(H,14,15);1H. The summed E-state index contributed by atoms with van der Waals surface area (Å²) < 4.78 is 24.2. The van der Waals surface area contributed by atoms with Gasteiger partial charge >= 0.3 is 5.97 Å². The van der Waals surface area contributed by atoms with Crippen molar-refractivity contribution in [3.05, 3.63) is 0 Å². The summed E-state index contributed by atoms with van der Waals surface area (Å²) in [6, 6.07) is 0. The SMILES string of the molecule is CCCN(CCCCC(=O)O)CC(F)F.Cl. The van der Waals surface area contributed by atoms with Crippen molar-refractivity contribution in [2.45, 2.75) is 39.0 Å². The Morgan fingerprint density at radius 3 is 2.38 bits per heavy atom. The van der Waals surface area contributed by atoms with Crippen LogP contribution in [0, 0.1) is 0 Å². The number of rotatable bonds is 9. The summed E-state index contributed by atoms with van der Waals surface area (Å²) in [5.74, 6) is -0.828. The molecule has 0 aliphatic carbocycles. The molecule has 0 rings (SSSR count). The summed E-state index contributed by atoms with van der Waals surface area (Å²) in [5.41, 5.74) is 0. The molecule has 0 heterocycles. The number of carboxylic acids is 1. The van der Waals surface area contributed by atoms with Crippen molar-refractivity contribution in [1.82, 2.24) is 4.90 Å². The predicted octanol–water partition coefficient (Wildman–Crippen LogP) is 2.64. The molecule has 0 aromatic heterocycles. The maximum absolute atomic E-state index is 12.1. The highest BCUT2D eigenvalue weighted by molar-refractivity contribution is 5.85. The molecule has 0 radical (unpaired) electrons. The van der Waals surface area contributed by atoms with Crippen LogP contribution < -0.4 is 0 Å². The minimum Gasteiger partial charge on any atom is -0.481 e. The Morgan fingerprint density at radius 2 is 1.94 bits per heavy atom. The van der Waals surface area contributed by atoms with Crippen molar-refractivity contribution < 1.29 is 18.7 Å². The van der Waals surface area contributed by atoms with Crippen LogP contribution in [0.4, 0.5) is 8.78 Å². The Hall–Kier alpha value is -0.420. The summed E-state index contributed by atoms with van der Waals surface area (Å²) in [7, 11) is 0. The molecule has 98 valence electrons. The lowest BCUT2D eigenvalue weighted by Crippen LogP contribution is -2.30. The van der Waals surface area contributed by atoms with Gasteiger partial charge in [-0.3, -0.25) is 9.69 Å². The van der Waals surface area contributed by atoms with Crippen molar-refractivity contribution in [3.63, 3.8) is 0 Å². The highest BCUT2D eigenvalue weighted by Gasteiger charge is 2.10. The van der Waals surface area contributed by atoms with Crippen LogP contribution in [0.1, 0.15) is 32.6 Å². The molecule has 16 heavy (non-hydrogen) atoms. The maximum Gasteiger partial charge on any atom is 0.303 e. The molecule has 0 aromatic carbocycles. The third kappa shape index (κ3) is 11.7. The van der Waals surface area contributed by atoms with Gasteiger partial charge in [0.25, 0.3) is 6.43 Å². The second kappa shape index (κ2) is 11.1. The largest absolute Gasteiger partial charge is 0.481 e. The number of hydrogen-bond donors (Lipinski definition) is 1. The number of hydrogen-bond acceptors (Lipinski definition) is 2. The van der Waals surface area contributed by atoms with E-state index < -0.39 is 12.4 Å². The van der Waals surface area contributed by atoms with Gasteiger partial charge in [-0.25, -0.2) is 8.78 Å². The molecular formula is C10H20ClF2NO2. The normalized spacial score (nSPS) is 10.6. The number of carbonyl (C=O) groups is 1. The molecule has 0 amide bonds. The van der Waals surface area contributed by atoms with Gasteiger partial charge in [-0.2, -0.15) is 0 Å². The van der Waals surface area contributed by atoms with Crippen LogP contribution in [0.3, 0.4) is 0 Å². The molecule has 0 unspecified atom stereocenters. The minimum atomic E-state index is -2.31. The van der Waals surface area contributed by atoms with Gasteiger partial charge in [0, 0.05) is 6.42 Å².